The highest BCUT2D eigenvalue weighted by atomic mass is 32.3. The minimum absolute atomic E-state index is 0.110. The minimum atomic E-state index is -4.77. The monoisotopic (exact) mass is 424 g/mol. The molecule has 0 spiro atoms. The van der Waals surface area contributed by atoms with E-state index in [0.717, 1.165) is 19.1 Å². The third-order valence-electron chi connectivity index (χ3n) is 3.51. The van der Waals surface area contributed by atoms with Gasteiger partial charge in [-0.3, -0.25) is 4.98 Å². The molecule has 27 heavy (non-hydrogen) atoms. The second kappa shape index (κ2) is 6.35. The largest absolute Gasteiger partial charge is 0.454 e. The quantitative estimate of drug-likeness (QED) is 0.797. The van der Waals surface area contributed by atoms with Crippen LogP contribution in [0.1, 0.15) is 11.3 Å². The van der Waals surface area contributed by atoms with Gasteiger partial charge in [0.2, 0.25) is 6.79 Å². The molecule has 2 aromatic rings. The number of hydrogen-bond acceptors (Lipinski definition) is 7. The Morgan fingerprint density at radius 2 is 1.63 bits per heavy atom. The summed E-state index contributed by atoms with van der Waals surface area (Å²) in [6.07, 6.45) is -4.33. The molecule has 0 saturated heterocycles. The Bertz CT molecular complexity index is 1110. The van der Waals surface area contributed by atoms with E-state index in [4.69, 9.17) is 9.47 Å². The highest BCUT2D eigenvalue weighted by Crippen LogP contribution is 2.34. The summed E-state index contributed by atoms with van der Waals surface area (Å²) in [5.41, 5.74) is -1.73. The summed E-state index contributed by atoms with van der Waals surface area (Å²) in [5.74, 6) is 0.404. The number of ether oxygens (including phenoxy) is 2. The standard InChI is InChI=1S/C14H11F3N2O6S2/c1-8-4-10(6-18-13(8)14(15,16)17)27(22,23)19-26(20,21)9-2-3-11-12(5-9)25-7-24-11/h2-6,19H,7H2,1H3. The van der Waals surface area contributed by atoms with Crippen molar-refractivity contribution in [2.24, 2.45) is 0 Å². The average molecular weight is 424 g/mol. The van der Waals surface area contributed by atoms with E-state index in [0.29, 0.717) is 18.0 Å². The lowest BCUT2D eigenvalue weighted by Crippen LogP contribution is -2.31. The Balaban J connectivity index is 1.93. The van der Waals surface area contributed by atoms with Crippen molar-refractivity contribution in [2.75, 3.05) is 6.79 Å². The Morgan fingerprint density at radius 3 is 2.26 bits per heavy atom. The van der Waals surface area contributed by atoms with Gasteiger partial charge in [-0.15, -0.1) is 4.13 Å². The van der Waals surface area contributed by atoms with Crippen molar-refractivity contribution in [2.45, 2.75) is 22.9 Å². The number of rotatable bonds is 4. The van der Waals surface area contributed by atoms with E-state index < -0.39 is 47.3 Å². The van der Waals surface area contributed by atoms with Crippen LogP contribution in [0, 0.1) is 6.92 Å². The van der Waals surface area contributed by atoms with Gasteiger partial charge in [0.25, 0.3) is 20.0 Å². The number of benzene rings is 1. The zero-order chi connectivity index (χ0) is 20.0. The van der Waals surface area contributed by atoms with Crippen LogP contribution in [-0.2, 0) is 26.2 Å². The molecule has 0 fully saturated rings. The Hall–Kier alpha value is -2.38. The van der Waals surface area contributed by atoms with Crippen LogP contribution >= 0.6 is 0 Å². The van der Waals surface area contributed by atoms with E-state index in [1.807, 2.05) is 0 Å². The van der Waals surface area contributed by atoms with Crippen LogP contribution in [0.5, 0.6) is 11.5 Å². The van der Waals surface area contributed by atoms with Gasteiger partial charge in [-0.05, 0) is 30.7 Å². The molecule has 0 saturated carbocycles. The fourth-order valence-corrected chi connectivity index (χ4v) is 5.24. The Kier molecular flexibility index (Phi) is 4.56. The van der Waals surface area contributed by atoms with E-state index in [-0.39, 0.29) is 12.5 Å². The summed E-state index contributed by atoms with van der Waals surface area (Å²) < 4.78 is 99.0. The number of hydrogen-bond donors (Lipinski definition) is 1. The number of nitrogens with zero attached hydrogens (tertiary/aromatic N) is 1. The van der Waals surface area contributed by atoms with E-state index in [1.165, 1.54) is 10.2 Å². The fraction of sp³-hybridized carbons (Fsp3) is 0.214. The first-order valence-electron chi connectivity index (χ1n) is 7.12. The van der Waals surface area contributed by atoms with E-state index in [9.17, 15) is 30.0 Å². The Labute approximate surface area is 152 Å². The zero-order valence-corrected chi connectivity index (χ0v) is 15.1. The number of aryl methyl sites for hydroxylation is 1. The number of halogens is 3. The molecule has 2 heterocycles. The summed E-state index contributed by atoms with van der Waals surface area (Å²) >= 11 is 0. The van der Waals surface area contributed by atoms with Gasteiger partial charge in [0.05, 0.1) is 4.90 Å². The number of alkyl halides is 3. The van der Waals surface area contributed by atoms with Crippen molar-refractivity contribution in [1.82, 2.24) is 9.11 Å². The SMILES string of the molecule is Cc1cc(S(=O)(=O)NS(=O)(=O)c2ccc3c(c2)OCO3)cnc1C(F)(F)F. The normalized spacial score (nSPS) is 14.4. The smallest absolute Gasteiger partial charge is 0.433 e. The van der Waals surface area contributed by atoms with Crippen LogP contribution in [0.15, 0.2) is 40.3 Å². The molecule has 8 nitrogen and oxygen atoms in total. The van der Waals surface area contributed by atoms with Crippen LogP contribution in [-0.4, -0.2) is 28.6 Å². The van der Waals surface area contributed by atoms with Crippen LogP contribution in [0.4, 0.5) is 13.2 Å². The van der Waals surface area contributed by atoms with E-state index in [1.54, 1.807) is 0 Å². The van der Waals surface area contributed by atoms with Gasteiger partial charge in [-0.1, -0.05) is 0 Å². The van der Waals surface area contributed by atoms with Crippen LogP contribution in [0.2, 0.25) is 0 Å². The lowest BCUT2D eigenvalue weighted by molar-refractivity contribution is -0.141. The van der Waals surface area contributed by atoms with Crippen molar-refractivity contribution in [1.29, 1.82) is 0 Å². The lowest BCUT2D eigenvalue weighted by atomic mass is 10.2. The van der Waals surface area contributed by atoms with Gasteiger partial charge in [0, 0.05) is 12.3 Å². The lowest BCUT2D eigenvalue weighted by Gasteiger charge is -2.12. The first kappa shape index (κ1) is 19.4. The molecular weight excluding hydrogens is 413 g/mol. The first-order valence-corrected chi connectivity index (χ1v) is 10.1. The molecule has 1 aromatic carbocycles. The van der Waals surface area contributed by atoms with Crippen molar-refractivity contribution in [3.8, 4) is 11.5 Å². The third kappa shape index (κ3) is 3.84. The maximum Gasteiger partial charge on any atom is 0.433 e. The number of aromatic nitrogens is 1. The van der Waals surface area contributed by atoms with Gasteiger partial charge in [0.15, 0.2) is 11.5 Å². The van der Waals surface area contributed by atoms with Crippen molar-refractivity contribution in [3.63, 3.8) is 0 Å². The van der Waals surface area contributed by atoms with E-state index >= 15 is 0 Å². The average Bonchev–Trinajstić information content (AvgIpc) is 3.00. The molecular formula is C14H11F3N2O6S2. The molecule has 3 rings (SSSR count). The molecule has 0 aliphatic carbocycles. The summed E-state index contributed by atoms with van der Waals surface area (Å²) in [5, 5.41) is 0. The summed E-state index contributed by atoms with van der Waals surface area (Å²) in [6, 6.07) is 4.14. The third-order valence-corrected chi connectivity index (χ3v) is 6.98. The number of pyridine rings is 1. The van der Waals surface area contributed by atoms with Crippen molar-refractivity contribution in [3.05, 3.63) is 41.7 Å². The van der Waals surface area contributed by atoms with Crippen molar-refractivity contribution < 1.29 is 39.5 Å². The molecule has 0 amide bonds. The van der Waals surface area contributed by atoms with Gasteiger partial charge < -0.3 is 9.47 Å². The molecule has 1 aliphatic heterocycles. The van der Waals surface area contributed by atoms with Crippen LogP contribution < -0.4 is 13.6 Å². The van der Waals surface area contributed by atoms with Crippen LogP contribution in [0.3, 0.4) is 0 Å². The molecule has 0 unspecified atom stereocenters. The van der Waals surface area contributed by atoms with Crippen LogP contribution in [0.25, 0.3) is 0 Å². The maximum absolute atomic E-state index is 12.7. The second-order valence-electron chi connectivity index (χ2n) is 5.44. The maximum atomic E-state index is 12.7. The molecule has 1 N–H and O–H groups in total. The minimum Gasteiger partial charge on any atom is -0.454 e. The predicted octanol–water partition coefficient (Wildman–Crippen LogP) is 1.80. The number of nitrogens with one attached hydrogen (secondary N) is 1. The number of fused-ring (bicyclic) bond motifs is 1. The molecule has 1 aromatic heterocycles. The molecule has 0 bridgehead atoms. The van der Waals surface area contributed by atoms with Gasteiger partial charge in [0.1, 0.15) is 10.6 Å². The van der Waals surface area contributed by atoms with Gasteiger partial charge >= 0.3 is 6.18 Å². The summed E-state index contributed by atoms with van der Waals surface area (Å²) in [6.45, 7) is 0.905. The molecule has 146 valence electrons. The topological polar surface area (TPSA) is 112 Å². The molecule has 0 radical (unpaired) electrons. The molecule has 13 heteroatoms. The van der Waals surface area contributed by atoms with Gasteiger partial charge in [-0.25, -0.2) is 16.8 Å². The van der Waals surface area contributed by atoms with Crippen molar-refractivity contribution >= 4 is 20.0 Å². The number of sulfonamides is 2. The summed E-state index contributed by atoms with van der Waals surface area (Å²) in [7, 11) is -9.27. The predicted molar refractivity (Wildman–Crippen MR) is 84.0 cm³/mol. The second-order valence-corrected chi connectivity index (χ2v) is 9.06. The van der Waals surface area contributed by atoms with Gasteiger partial charge in [-0.2, -0.15) is 13.2 Å². The summed E-state index contributed by atoms with van der Waals surface area (Å²) in [4.78, 5) is 1.94. The highest BCUT2D eigenvalue weighted by Gasteiger charge is 2.35. The molecule has 0 atom stereocenters. The first-order chi connectivity index (χ1) is 12.4. The zero-order valence-electron chi connectivity index (χ0n) is 13.4. The Morgan fingerprint density at radius 1 is 1.00 bits per heavy atom. The molecule has 1 aliphatic rings. The van der Waals surface area contributed by atoms with E-state index in [2.05, 4.69) is 4.98 Å². The highest BCUT2D eigenvalue weighted by molar-refractivity contribution is 8.04. The fourth-order valence-electron chi connectivity index (χ4n) is 2.28.